The van der Waals surface area contributed by atoms with Crippen LogP contribution < -0.4 is 9.62 Å². The predicted molar refractivity (Wildman–Crippen MR) is 117 cm³/mol. The van der Waals surface area contributed by atoms with E-state index < -0.39 is 29.1 Å². The Balaban J connectivity index is 1.42. The summed E-state index contributed by atoms with van der Waals surface area (Å²) < 4.78 is 31.9. The van der Waals surface area contributed by atoms with Crippen molar-refractivity contribution in [3.63, 3.8) is 0 Å². The highest BCUT2D eigenvalue weighted by Gasteiger charge is 2.23. The highest BCUT2D eigenvalue weighted by Crippen LogP contribution is 2.16. The minimum atomic E-state index is -3.84. The van der Waals surface area contributed by atoms with Gasteiger partial charge >= 0.3 is 5.97 Å². The molecule has 1 saturated heterocycles. The Bertz CT molecular complexity index is 1030. The van der Waals surface area contributed by atoms with Crippen molar-refractivity contribution >= 4 is 27.6 Å². The third kappa shape index (κ3) is 6.05. The lowest BCUT2D eigenvalue weighted by Gasteiger charge is -2.36. The minimum Gasteiger partial charge on any atom is -0.455 e. The maximum atomic E-state index is 12.3. The molecule has 0 unspecified atom stereocenters. The van der Waals surface area contributed by atoms with Crippen LogP contribution in [-0.4, -0.2) is 64.5 Å². The molecule has 0 atom stereocenters. The van der Waals surface area contributed by atoms with Crippen molar-refractivity contribution in [2.45, 2.75) is 18.7 Å². The van der Waals surface area contributed by atoms with Gasteiger partial charge in [-0.05, 0) is 49.2 Å². The van der Waals surface area contributed by atoms with E-state index in [1.807, 2.05) is 44.2 Å². The van der Waals surface area contributed by atoms with Crippen LogP contribution in [0.2, 0.25) is 0 Å². The second kappa shape index (κ2) is 9.93. The molecule has 9 heteroatoms. The number of rotatable bonds is 7. The Morgan fingerprint density at radius 3 is 2.29 bits per heavy atom. The van der Waals surface area contributed by atoms with Gasteiger partial charge < -0.3 is 14.5 Å². The Morgan fingerprint density at radius 2 is 1.65 bits per heavy atom. The molecule has 1 aliphatic heterocycles. The van der Waals surface area contributed by atoms with Gasteiger partial charge in [0.1, 0.15) is 6.54 Å². The summed E-state index contributed by atoms with van der Waals surface area (Å²) in [6, 6.07) is 14.7. The summed E-state index contributed by atoms with van der Waals surface area (Å²) >= 11 is 0. The predicted octanol–water partition coefficient (Wildman–Crippen LogP) is 1.47. The SMILES string of the molecule is Cc1ccc(S(=O)(=O)NCC(=O)OCC(=O)N2CCN(c3ccccc3)CC2)cc1C. The molecule has 1 aliphatic rings. The van der Waals surface area contributed by atoms with Gasteiger partial charge in [-0.2, -0.15) is 4.72 Å². The number of hydrogen-bond acceptors (Lipinski definition) is 6. The average molecular weight is 446 g/mol. The molecule has 166 valence electrons. The van der Waals surface area contributed by atoms with Crippen LogP contribution in [0.3, 0.4) is 0 Å². The van der Waals surface area contributed by atoms with Crippen LogP contribution in [0.25, 0.3) is 0 Å². The summed E-state index contributed by atoms with van der Waals surface area (Å²) in [4.78, 5) is 28.2. The zero-order valence-corrected chi connectivity index (χ0v) is 18.5. The second-order valence-corrected chi connectivity index (χ2v) is 9.20. The van der Waals surface area contributed by atoms with Gasteiger partial charge in [0, 0.05) is 31.9 Å². The summed E-state index contributed by atoms with van der Waals surface area (Å²) in [6.45, 7) is 5.21. The van der Waals surface area contributed by atoms with Crippen LogP contribution in [0.4, 0.5) is 5.69 Å². The smallest absolute Gasteiger partial charge is 0.321 e. The Labute approximate surface area is 182 Å². The summed E-state index contributed by atoms with van der Waals surface area (Å²) in [5.41, 5.74) is 2.92. The molecule has 0 spiro atoms. The number of nitrogens with zero attached hydrogens (tertiary/aromatic N) is 2. The van der Waals surface area contributed by atoms with Crippen LogP contribution >= 0.6 is 0 Å². The van der Waals surface area contributed by atoms with Gasteiger partial charge in [-0.1, -0.05) is 24.3 Å². The number of hydrogen-bond donors (Lipinski definition) is 1. The van der Waals surface area contributed by atoms with Crippen LogP contribution in [0.15, 0.2) is 53.4 Å². The van der Waals surface area contributed by atoms with E-state index in [1.54, 1.807) is 17.0 Å². The largest absolute Gasteiger partial charge is 0.455 e. The maximum Gasteiger partial charge on any atom is 0.321 e. The molecular weight excluding hydrogens is 418 g/mol. The fourth-order valence-corrected chi connectivity index (χ4v) is 4.31. The number of esters is 1. The number of benzene rings is 2. The third-order valence-corrected chi connectivity index (χ3v) is 6.70. The molecule has 0 saturated carbocycles. The molecule has 8 nitrogen and oxygen atoms in total. The number of para-hydroxylation sites is 1. The van der Waals surface area contributed by atoms with E-state index in [-0.39, 0.29) is 10.8 Å². The van der Waals surface area contributed by atoms with E-state index in [0.29, 0.717) is 26.2 Å². The van der Waals surface area contributed by atoms with E-state index in [9.17, 15) is 18.0 Å². The standard InChI is InChI=1S/C22H27N3O5S/c1-17-8-9-20(14-18(17)2)31(28,29)23-15-22(27)30-16-21(26)25-12-10-24(11-13-25)19-6-4-3-5-7-19/h3-9,14,23H,10-13,15-16H2,1-2H3. The highest BCUT2D eigenvalue weighted by atomic mass is 32.2. The number of ether oxygens (including phenoxy) is 1. The highest BCUT2D eigenvalue weighted by molar-refractivity contribution is 7.89. The van der Waals surface area contributed by atoms with Gasteiger partial charge in [0.05, 0.1) is 4.90 Å². The van der Waals surface area contributed by atoms with Crippen molar-refractivity contribution < 1.29 is 22.7 Å². The number of sulfonamides is 1. The molecule has 1 fully saturated rings. The van der Waals surface area contributed by atoms with E-state index in [0.717, 1.165) is 16.8 Å². The molecule has 0 radical (unpaired) electrons. The first-order valence-electron chi connectivity index (χ1n) is 10.1. The van der Waals surface area contributed by atoms with Gasteiger partial charge in [-0.15, -0.1) is 0 Å². The second-order valence-electron chi connectivity index (χ2n) is 7.43. The molecule has 2 aromatic carbocycles. The Kier molecular flexibility index (Phi) is 7.29. The molecule has 2 aromatic rings. The van der Waals surface area contributed by atoms with Crippen LogP contribution in [0.5, 0.6) is 0 Å². The zero-order valence-electron chi connectivity index (χ0n) is 17.7. The van der Waals surface area contributed by atoms with E-state index in [4.69, 9.17) is 4.74 Å². The summed E-state index contributed by atoms with van der Waals surface area (Å²) in [5, 5.41) is 0. The monoisotopic (exact) mass is 445 g/mol. The van der Waals surface area contributed by atoms with Gasteiger partial charge in [0.25, 0.3) is 5.91 Å². The van der Waals surface area contributed by atoms with Gasteiger partial charge in [-0.25, -0.2) is 8.42 Å². The van der Waals surface area contributed by atoms with Crippen molar-refractivity contribution in [1.82, 2.24) is 9.62 Å². The Hall–Kier alpha value is -2.91. The molecule has 0 bridgehead atoms. The number of carbonyl (C=O) groups excluding carboxylic acids is 2. The fourth-order valence-electron chi connectivity index (χ4n) is 3.26. The summed E-state index contributed by atoms with van der Waals surface area (Å²) in [6.07, 6.45) is 0. The van der Waals surface area contributed by atoms with Crippen molar-refractivity contribution in [3.05, 3.63) is 59.7 Å². The minimum absolute atomic E-state index is 0.0794. The van der Waals surface area contributed by atoms with Crippen LogP contribution in [0, 0.1) is 13.8 Å². The quantitative estimate of drug-likeness (QED) is 0.649. The number of piperazine rings is 1. The summed E-state index contributed by atoms with van der Waals surface area (Å²) in [7, 11) is -3.84. The fraction of sp³-hybridized carbons (Fsp3) is 0.364. The topological polar surface area (TPSA) is 96.0 Å². The molecule has 31 heavy (non-hydrogen) atoms. The number of aryl methyl sites for hydroxylation is 2. The maximum absolute atomic E-state index is 12.3. The first-order chi connectivity index (χ1) is 14.8. The number of anilines is 1. The summed E-state index contributed by atoms with van der Waals surface area (Å²) in [5.74, 6) is -1.10. The van der Waals surface area contributed by atoms with Crippen molar-refractivity contribution in [2.75, 3.05) is 44.2 Å². The molecule has 1 heterocycles. The molecular formula is C22H27N3O5S. The van der Waals surface area contributed by atoms with Gasteiger partial charge in [0.2, 0.25) is 10.0 Å². The Morgan fingerprint density at radius 1 is 0.968 bits per heavy atom. The molecule has 0 aliphatic carbocycles. The van der Waals surface area contributed by atoms with Gasteiger partial charge in [-0.3, -0.25) is 9.59 Å². The lowest BCUT2D eigenvalue weighted by atomic mass is 10.1. The third-order valence-electron chi connectivity index (χ3n) is 5.31. The average Bonchev–Trinajstić information content (AvgIpc) is 2.78. The lowest BCUT2D eigenvalue weighted by molar-refractivity contribution is -0.151. The molecule has 0 aromatic heterocycles. The molecule has 1 amide bonds. The lowest BCUT2D eigenvalue weighted by Crippen LogP contribution is -2.50. The van der Waals surface area contributed by atoms with E-state index in [1.165, 1.54) is 6.07 Å². The van der Waals surface area contributed by atoms with Crippen molar-refractivity contribution in [3.8, 4) is 0 Å². The van der Waals surface area contributed by atoms with Crippen molar-refractivity contribution in [2.24, 2.45) is 0 Å². The normalized spacial score (nSPS) is 14.4. The van der Waals surface area contributed by atoms with Gasteiger partial charge in [0.15, 0.2) is 6.61 Å². The first kappa shape index (κ1) is 22.8. The number of nitrogens with one attached hydrogen (secondary N) is 1. The molecule has 3 rings (SSSR count). The van der Waals surface area contributed by atoms with Crippen LogP contribution in [0.1, 0.15) is 11.1 Å². The molecule has 1 N–H and O–H groups in total. The van der Waals surface area contributed by atoms with E-state index >= 15 is 0 Å². The number of amides is 1. The zero-order chi connectivity index (χ0) is 22.4. The van der Waals surface area contributed by atoms with Crippen molar-refractivity contribution in [1.29, 1.82) is 0 Å². The van der Waals surface area contributed by atoms with Crippen LogP contribution in [-0.2, 0) is 24.3 Å². The van der Waals surface area contributed by atoms with E-state index in [2.05, 4.69) is 9.62 Å². The number of carbonyl (C=O) groups is 2. The first-order valence-corrected chi connectivity index (χ1v) is 11.5.